The molecule has 1 aliphatic rings. The van der Waals surface area contributed by atoms with E-state index in [9.17, 15) is 4.79 Å². The highest BCUT2D eigenvalue weighted by Crippen LogP contribution is 2.27. The van der Waals surface area contributed by atoms with E-state index < -0.39 is 0 Å². The number of amides is 1. The molecule has 3 aromatic carbocycles. The summed E-state index contributed by atoms with van der Waals surface area (Å²) < 4.78 is 2.08. The third kappa shape index (κ3) is 6.83. The zero-order valence-electron chi connectivity index (χ0n) is 22.8. The molecular formula is C32H33Cl2N5O. The van der Waals surface area contributed by atoms with Crippen LogP contribution in [-0.2, 0) is 13.1 Å². The maximum Gasteiger partial charge on any atom is 0.271 e. The fourth-order valence-corrected chi connectivity index (χ4v) is 5.42. The number of nitrogens with one attached hydrogen (secondary N) is 1. The Balaban J connectivity index is 1.12. The van der Waals surface area contributed by atoms with E-state index in [0.717, 1.165) is 61.9 Å². The van der Waals surface area contributed by atoms with E-state index in [4.69, 9.17) is 23.2 Å². The van der Waals surface area contributed by atoms with Crippen LogP contribution in [0.25, 0.3) is 5.69 Å². The molecule has 6 nitrogen and oxygen atoms in total. The molecule has 206 valence electrons. The summed E-state index contributed by atoms with van der Waals surface area (Å²) in [5, 5.41) is 5.23. The Morgan fingerprint density at radius 3 is 2.08 bits per heavy atom. The van der Waals surface area contributed by atoms with Gasteiger partial charge in [-0.05, 0) is 61.4 Å². The van der Waals surface area contributed by atoms with Crippen LogP contribution in [0.3, 0.4) is 0 Å². The molecule has 1 aliphatic heterocycles. The van der Waals surface area contributed by atoms with Crippen LogP contribution in [0.5, 0.6) is 0 Å². The number of rotatable bonds is 8. The third-order valence-electron chi connectivity index (χ3n) is 7.34. The molecule has 0 bridgehead atoms. The van der Waals surface area contributed by atoms with Gasteiger partial charge in [0.1, 0.15) is 0 Å². The summed E-state index contributed by atoms with van der Waals surface area (Å²) >= 11 is 12.3. The lowest BCUT2D eigenvalue weighted by Crippen LogP contribution is -2.45. The van der Waals surface area contributed by atoms with Gasteiger partial charge in [0.05, 0.1) is 16.3 Å². The van der Waals surface area contributed by atoms with Crippen molar-refractivity contribution in [2.24, 2.45) is 5.10 Å². The zero-order valence-corrected chi connectivity index (χ0v) is 24.3. The number of hydrazone groups is 1. The topological polar surface area (TPSA) is 52.9 Å². The normalized spacial score (nSPS) is 14.6. The minimum Gasteiger partial charge on any atom is -0.318 e. The van der Waals surface area contributed by atoms with Crippen LogP contribution in [0.4, 0.5) is 0 Å². The molecule has 0 unspecified atom stereocenters. The molecule has 40 heavy (non-hydrogen) atoms. The predicted molar refractivity (Wildman–Crippen MR) is 164 cm³/mol. The number of benzene rings is 3. The molecule has 0 radical (unpaired) electrons. The SMILES string of the molecule is Cc1cc(/C=N/NC(=O)c2ccc(CN3CCN(Cc4ccccc4)CC3)cc2)c(C)n1-c1ccc(Cl)c(Cl)c1. The fourth-order valence-electron chi connectivity index (χ4n) is 5.13. The zero-order chi connectivity index (χ0) is 28.1. The van der Waals surface area contributed by atoms with Gasteiger partial charge in [0.25, 0.3) is 5.91 Å². The average molecular weight is 575 g/mol. The lowest BCUT2D eigenvalue weighted by atomic mass is 10.1. The number of aromatic nitrogens is 1. The van der Waals surface area contributed by atoms with Gasteiger partial charge >= 0.3 is 0 Å². The minimum atomic E-state index is -0.240. The average Bonchev–Trinajstić information content (AvgIpc) is 3.24. The summed E-state index contributed by atoms with van der Waals surface area (Å²) in [6.45, 7) is 10.1. The molecule has 0 saturated carbocycles. The van der Waals surface area contributed by atoms with Crippen molar-refractivity contribution in [3.8, 4) is 5.69 Å². The van der Waals surface area contributed by atoms with Crippen molar-refractivity contribution in [1.82, 2.24) is 19.8 Å². The van der Waals surface area contributed by atoms with Gasteiger partial charge in [-0.15, -0.1) is 0 Å². The number of hydrogen-bond donors (Lipinski definition) is 1. The standard InChI is InChI=1S/C32H33Cl2N5O/c1-23-18-28(24(2)39(23)29-12-13-30(33)31(34)19-29)20-35-36-32(40)27-10-8-26(9-11-27)22-38-16-14-37(15-17-38)21-25-6-4-3-5-7-25/h3-13,18-20H,14-17,21-22H2,1-2H3,(H,36,40)/b35-20+. The first-order chi connectivity index (χ1) is 19.4. The van der Waals surface area contributed by atoms with E-state index >= 15 is 0 Å². The molecule has 1 aromatic heterocycles. The largest absolute Gasteiger partial charge is 0.318 e. The van der Waals surface area contributed by atoms with Crippen LogP contribution < -0.4 is 5.43 Å². The monoisotopic (exact) mass is 573 g/mol. The van der Waals surface area contributed by atoms with Gasteiger partial charge in [-0.2, -0.15) is 5.10 Å². The van der Waals surface area contributed by atoms with E-state index in [1.807, 2.05) is 56.3 Å². The second-order valence-electron chi connectivity index (χ2n) is 10.2. The van der Waals surface area contributed by atoms with Crippen molar-refractivity contribution in [3.63, 3.8) is 0 Å². The Kier molecular flexibility index (Phi) is 9.02. The molecule has 2 heterocycles. The number of carbonyl (C=O) groups excluding carboxylic acids is 1. The Bertz CT molecular complexity index is 1490. The molecule has 0 atom stereocenters. The van der Waals surface area contributed by atoms with Gasteiger partial charge in [0.15, 0.2) is 0 Å². The number of halogens is 2. The Morgan fingerprint density at radius 2 is 1.45 bits per heavy atom. The summed E-state index contributed by atoms with van der Waals surface area (Å²) in [5.41, 5.74) is 9.63. The Labute approximate surface area is 245 Å². The van der Waals surface area contributed by atoms with Gasteiger partial charge in [0.2, 0.25) is 0 Å². The van der Waals surface area contributed by atoms with Gasteiger partial charge in [-0.1, -0.05) is 65.7 Å². The summed E-state index contributed by atoms with van der Waals surface area (Å²) in [6.07, 6.45) is 1.67. The number of carbonyl (C=O) groups is 1. The summed E-state index contributed by atoms with van der Waals surface area (Å²) in [6, 6.07) is 26.0. The highest BCUT2D eigenvalue weighted by atomic mass is 35.5. The fraction of sp³-hybridized carbons (Fsp3) is 0.250. The Hall–Kier alpha value is -3.42. The molecule has 0 spiro atoms. The molecule has 0 aliphatic carbocycles. The van der Waals surface area contributed by atoms with Crippen LogP contribution in [-0.4, -0.2) is 52.7 Å². The van der Waals surface area contributed by atoms with Gasteiger partial charge in [-0.3, -0.25) is 14.6 Å². The van der Waals surface area contributed by atoms with E-state index in [2.05, 4.69) is 55.2 Å². The first-order valence-corrected chi connectivity index (χ1v) is 14.2. The van der Waals surface area contributed by atoms with Crippen molar-refractivity contribution < 1.29 is 4.79 Å². The maximum absolute atomic E-state index is 12.7. The second kappa shape index (κ2) is 12.8. The van der Waals surface area contributed by atoms with Crippen LogP contribution in [0.2, 0.25) is 10.0 Å². The van der Waals surface area contributed by atoms with E-state index in [1.165, 1.54) is 11.1 Å². The minimum absolute atomic E-state index is 0.240. The number of aryl methyl sites for hydroxylation is 1. The van der Waals surface area contributed by atoms with Crippen LogP contribution in [0.1, 0.15) is 38.4 Å². The Morgan fingerprint density at radius 1 is 0.825 bits per heavy atom. The smallest absolute Gasteiger partial charge is 0.271 e. The highest BCUT2D eigenvalue weighted by molar-refractivity contribution is 6.42. The molecule has 1 saturated heterocycles. The van der Waals surface area contributed by atoms with Gasteiger partial charge in [0, 0.05) is 67.5 Å². The van der Waals surface area contributed by atoms with Crippen molar-refractivity contribution in [3.05, 3.63) is 123 Å². The molecule has 8 heteroatoms. The number of hydrogen-bond acceptors (Lipinski definition) is 4. The molecule has 1 fully saturated rings. The number of nitrogens with zero attached hydrogens (tertiary/aromatic N) is 4. The quantitative estimate of drug-likeness (QED) is 0.194. The highest BCUT2D eigenvalue weighted by Gasteiger charge is 2.17. The summed E-state index contributed by atoms with van der Waals surface area (Å²) in [5.74, 6) is -0.240. The first-order valence-electron chi connectivity index (χ1n) is 13.4. The molecular weight excluding hydrogens is 541 g/mol. The molecule has 4 aromatic rings. The first kappa shape index (κ1) is 28.1. The predicted octanol–water partition coefficient (Wildman–Crippen LogP) is 6.48. The summed E-state index contributed by atoms with van der Waals surface area (Å²) in [7, 11) is 0. The summed E-state index contributed by atoms with van der Waals surface area (Å²) in [4.78, 5) is 17.7. The lowest BCUT2D eigenvalue weighted by molar-refractivity contribution is 0.0955. The van der Waals surface area contributed by atoms with Crippen molar-refractivity contribution in [2.45, 2.75) is 26.9 Å². The number of piperazine rings is 1. The van der Waals surface area contributed by atoms with Gasteiger partial charge in [-0.25, -0.2) is 5.43 Å². The van der Waals surface area contributed by atoms with Crippen molar-refractivity contribution in [1.29, 1.82) is 0 Å². The van der Waals surface area contributed by atoms with Crippen molar-refractivity contribution >= 4 is 35.3 Å². The molecule has 1 amide bonds. The second-order valence-corrected chi connectivity index (χ2v) is 11.0. The lowest BCUT2D eigenvalue weighted by Gasteiger charge is -2.34. The van der Waals surface area contributed by atoms with Gasteiger partial charge < -0.3 is 4.57 Å². The van der Waals surface area contributed by atoms with Crippen LogP contribution in [0.15, 0.2) is 84.0 Å². The van der Waals surface area contributed by atoms with E-state index in [-0.39, 0.29) is 5.91 Å². The van der Waals surface area contributed by atoms with E-state index in [0.29, 0.717) is 15.6 Å². The van der Waals surface area contributed by atoms with Crippen molar-refractivity contribution in [2.75, 3.05) is 26.2 Å². The third-order valence-corrected chi connectivity index (χ3v) is 8.08. The van der Waals surface area contributed by atoms with Crippen LogP contribution in [0, 0.1) is 13.8 Å². The van der Waals surface area contributed by atoms with Crippen LogP contribution >= 0.6 is 23.2 Å². The molecule has 1 N–H and O–H groups in total. The maximum atomic E-state index is 12.7. The van der Waals surface area contributed by atoms with E-state index in [1.54, 1.807) is 12.3 Å². The molecule has 5 rings (SSSR count).